The zero-order chi connectivity index (χ0) is 23.1. The maximum atomic E-state index is 13.2. The second kappa shape index (κ2) is 9.09. The number of piperidine rings is 1. The Morgan fingerprint density at radius 2 is 2.06 bits per heavy atom. The summed E-state index contributed by atoms with van der Waals surface area (Å²) in [5.41, 5.74) is 1.28. The fourth-order valence-corrected chi connectivity index (χ4v) is 7.46. The van der Waals surface area contributed by atoms with E-state index in [-0.39, 0.29) is 33.1 Å². The van der Waals surface area contributed by atoms with Crippen LogP contribution in [0.1, 0.15) is 19.3 Å². The van der Waals surface area contributed by atoms with Gasteiger partial charge in [-0.1, -0.05) is 0 Å². The molecule has 2 aromatic rings. The molecule has 2 atom stereocenters. The fraction of sp³-hybridized carbons (Fsp3) is 0.632. The van der Waals surface area contributed by atoms with E-state index >= 15 is 0 Å². The minimum Gasteiger partial charge on any atom is -0.610 e. The van der Waals surface area contributed by atoms with Crippen molar-refractivity contribution in [3.8, 4) is 11.4 Å². The highest BCUT2D eigenvalue weighted by molar-refractivity contribution is 7.93. The molecule has 3 fully saturated rings. The second-order valence-electron chi connectivity index (χ2n) is 9.06. The number of primary sulfonamides is 1. The average Bonchev–Trinajstić information content (AvgIpc) is 3.49. The molecule has 3 aliphatic heterocycles. The highest BCUT2D eigenvalue weighted by Gasteiger charge is 2.41. The third-order valence-electron chi connectivity index (χ3n) is 6.94. The van der Waals surface area contributed by atoms with Crippen LogP contribution in [0.2, 0.25) is 0 Å². The van der Waals surface area contributed by atoms with E-state index < -0.39 is 21.2 Å². The standard InChI is InChI=1S/C19H29N9O3S2/c20-33(30,31)17-15(32(29)12-23-13-3-6-21-9-13)2-1-14(16(17)18-24-26-27-25-18)28-7-4-19(5-8-28)10-22-11-19/h1-2,13,21-23H,3-12H2,(H2,20,30,31)(H,24,25,26,27)/t13-,32?/m1/s1. The number of nitrogens with one attached hydrogen (secondary N) is 4. The lowest BCUT2D eigenvalue weighted by Crippen LogP contribution is -2.58. The average molecular weight is 496 g/mol. The summed E-state index contributed by atoms with van der Waals surface area (Å²) < 4.78 is 38.9. The Balaban J connectivity index is 1.52. The maximum Gasteiger partial charge on any atom is 0.243 e. The van der Waals surface area contributed by atoms with Gasteiger partial charge in [0.1, 0.15) is 4.90 Å². The number of H-pyrrole nitrogens is 1. The molecule has 0 aliphatic carbocycles. The van der Waals surface area contributed by atoms with E-state index in [1.165, 1.54) is 0 Å². The summed E-state index contributed by atoms with van der Waals surface area (Å²) in [6.45, 7) is 5.28. The molecule has 6 N–H and O–H groups in total. The zero-order valence-electron chi connectivity index (χ0n) is 18.2. The summed E-state index contributed by atoms with van der Waals surface area (Å²) >= 11 is -1.63. The van der Waals surface area contributed by atoms with Crippen molar-refractivity contribution in [3.05, 3.63) is 12.1 Å². The van der Waals surface area contributed by atoms with Gasteiger partial charge in [0.05, 0.1) is 5.56 Å². The number of benzene rings is 1. The van der Waals surface area contributed by atoms with Crippen LogP contribution in [0.25, 0.3) is 11.4 Å². The number of aromatic amines is 1. The molecule has 0 saturated carbocycles. The molecule has 0 amide bonds. The number of hydrogen-bond acceptors (Lipinski definition) is 10. The lowest BCUT2D eigenvalue weighted by atomic mass is 9.73. The van der Waals surface area contributed by atoms with Crippen molar-refractivity contribution in [3.63, 3.8) is 0 Å². The summed E-state index contributed by atoms with van der Waals surface area (Å²) in [4.78, 5) is 2.11. The van der Waals surface area contributed by atoms with Gasteiger partial charge in [-0.3, -0.25) is 5.32 Å². The van der Waals surface area contributed by atoms with Crippen LogP contribution in [0.5, 0.6) is 0 Å². The van der Waals surface area contributed by atoms with E-state index in [2.05, 4.69) is 41.5 Å². The molecule has 5 rings (SSSR count). The molecule has 1 spiro atoms. The Morgan fingerprint density at radius 3 is 2.64 bits per heavy atom. The number of aromatic nitrogens is 4. The highest BCUT2D eigenvalue weighted by atomic mass is 32.2. The highest BCUT2D eigenvalue weighted by Crippen LogP contribution is 2.42. The summed E-state index contributed by atoms with van der Waals surface area (Å²) in [5, 5.41) is 29.5. The molecule has 1 aromatic heterocycles. The van der Waals surface area contributed by atoms with Crippen LogP contribution in [0.4, 0.5) is 5.69 Å². The number of nitrogens with zero attached hydrogens (tertiary/aromatic N) is 4. The molecular formula is C19H29N9O3S2. The van der Waals surface area contributed by atoms with Crippen molar-refractivity contribution in [2.75, 3.05) is 50.0 Å². The Bertz CT molecular complexity index is 1080. The van der Waals surface area contributed by atoms with Gasteiger partial charge in [-0.15, -0.1) is 5.10 Å². The van der Waals surface area contributed by atoms with Crippen molar-refractivity contribution >= 4 is 26.9 Å². The molecule has 3 aliphatic rings. The lowest BCUT2D eigenvalue weighted by Gasteiger charge is -2.49. The van der Waals surface area contributed by atoms with Crippen LogP contribution >= 0.6 is 0 Å². The Labute approximate surface area is 195 Å². The lowest BCUT2D eigenvalue weighted by molar-refractivity contribution is 0.126. The zero-order valence-corrected chi connectivity index (χ0v) is 19.8. The minimum absolute atomic E-state index is 0.127. The number of tetrazole rings is 1. The molecular weight excluding hydrogens is 466 g/mol. The summed E-state index contributed by atoms with van der Waals surface area (Å²) in [7, 11) is -4.24. The number of hydrogen-bond donors (Lipinski definition) is 5. The molecule has 0 radical (unpaired) electrons. The Kier molecular flexibility index (Phi) is 6.32. The minimum atomic E-state index is -4.24. The third-order valence-corrected chi connectivity index (χ3v) is 9.32. The maximum absolute atomic E-state index is 13.2. The predicted octanol–water partition coefficient (Wildman–Crippen LogP) is -1.28. The van der Waals surface area contributed by atoms with Crippen molar-refractivity contribution in [1.29, 1.82) is 0 Å². The van der Waals surface area contributed by atoms with Gasteiger partial charge < -0.3 is 20.1 Å². The molecule has 180 valence electrons. The molecule has 1 aromatic carbocycles. The van der Waals surface area contributed by atoms with Gasteiger partial charge in [0.25, 0.3) is 0 Å². The largest absolute Gasteiger partial charge is 0.610 e. The van der Waals surface area contributed by atoms with Gasteiger partial charge in [0, 0.05) is 55.6 Å². The van der Waals surface area contributed by atoms with Crippen LogP contribution in [0.15, 0.2) is 21.9 Å². The summed E-state index contributed by atoms with van der Waals surface area (Å²) in [5.74, 6) is 0.313. The van der Waals surface area contributed by atoms with Gasteiger partial charge >= 0.3 is 0 Å². The molecule has 1 unspecified atom stereocenters. The summed E-state index contributed by atoms with van der Waals surface area (Å²) in [6, 6.07) is 3.63. The van der Waals surface area contributed by atoms with Crippen molar-refractivity contribution in [2.24, 2.45) is 10.6 Å². The van der Waals surface area contributed by atoms with Crippen LogP contribution in [-0.4, -0.2) is 84.8 Å². The van der Waals surface area contributed by atoms with E-state index in [4.69, 9.17) is 5.14 Å². The molecule has 33 heavy (non-hydrogen) atoms. The molecule has 12 nitrogen and oxygen atoms in total. The van der Waals surface area contributed by atoms with Crippen molar-refractivity contribution in [1.82, 2.24) is 36.6 Å². The Morgan fingerprint density at radius 1 is 1.27 bits per heavy atom. The van der Waals surface area contributed by atoms with E-state index in [1.54, 1.807) is 6.07 Å². The van der Waals surface area contributed by atoms with Crippen LogP contribution in [0, 0.1) is 5.41 Å². The quantitative estimate of drug-likeness (QED) is 0.291. The topological polar surface area (TPSA) is 177 Å². The van der Waals surface area contributed by atoms with E-state index in [0.717, 1.165) is 58.5 Å². The van der Waals surface area contributed by atoms with Crippen molar-refractivity contribution < 1.29 is 13.0 Å². The second-order valence-corrected chi connectivity index (χ2v) is 12.0. The van der Waals surface area contributed by atoms with Gasteiger partial charge in [0.2, 0.25) is 10.0 Å². The third kappa shape index (κ3) is 4.60. The van der Waals surface area contributed by atoms with Crippen LogP contribution < -0.4 is 26.0 Å². The number of sulfonamides is 1. The number of rotatable bonds is 7. The van der Waals surface area contributed by atoms with E-state index in [1.807, 2.05) is 6.07 Å². The van der Waals surface area contributed by atoms with Crippen LogP contribution in [0.3, 0.4) is 0 Å². The van der Waals surface area contributed by atoms with Crippen molar-refractivity contribution in [2.45, 2.75) is 35.1 Å². The smallest absolute Gasteiger partial charge is 0.243 e. The number of anilines is 1. The monoisotopic (exact) mass is 495 g/mol. The first-order chi connectivity index (χ1) is 15.9. The van der Waals surface area contributed by atoms with E-state index in [9.17, 15) is 13.0 Å². The van der Waals surface area contributed by atoms with Crippen LogP contribution in [-0.2, 0) is 21.2 Å². The van der Waals surface area contributed by atoms with Gasteiger partial charge in [-0.25, -0.2) is 18.7 Å². The molecule has 4 heterocycles. The molecule has 14 heteroatoms. The van der Waals surface area contributed by atoms with E-state index in [0.29, 0.717) is 11.1 Å². The first kappa shape index (κ1) is 23.0. The SMILES string of the molecule is NS(=O)(=O)c1c([S+]([O-])CN[C@@H]2CCNC2)ccc(N2CCC3(CC2)CNC3)c1-c1nnn[nH]1. The predicted molar refractivity (Wildman–Crippen MR) is 123 cm³/mol. The first-order valence-corrected chi connectivity index (χ1v) is 13.9. The van der Waals surface area contributed by atoms with Gasteiger partial charge in [-0.2, -0.15) is 0 Å². The Hall–Kier alpha value is -1.81. The fourth-order valence-electron chi connectivity index (χ4n) is 4.93. The summed E-state index contributed by atoms with van der Waals surface area (Å²) in [6.07, 6.45) is 2.94. The first-order valence-electron chi connectivity index (χ1n) is 11.1. The van der Waals surface area contributed by atoms with Gasteiger partial charge in [-0.05, 0) is 53.8 Å². The molecule has 0 bridgehead atoms. The normalized spacial score (nSPS) is 23.6. The number of nitrogens with two attached hydrogens (primary N) is 1. The van der Waals surface area contributed by atoms with Gasteiger partial charge in [0.15, 0.2) is 16.6 Å². The molecule has 3 saturated heterocycles.